The molecular weight excluding hydrogens is 278 g/mol. The number of amidine groups is 1. The van der Waals surface area contributed by atoms with Gasteiger partial charge in [0.05, 0.1) is 0 Å². The van der Waals surface area contributed by atoms with Crippen molar-refractivity contribution in [2.45, 2.75) is 25.0 Å². The predicted molar refractivity (Wildman–Crippen MR) is 76.6 cm³/mol. The molecule has 1 fully saturated rings. The molecule has 8 heteroatoms. The van der Waals surface area contributed by atoms with Crippen molar-refractivity contribution in [2.24, 2.45) is 4.99 Å². The van der Waals surface area contributed by atoms with Gasteiger partial charge in [-0.05, 0) is 12.5 Å². The minimum Gasteiger partial charge on any atom is -0.356 e. The number of carbonyl (C=O) groups is 2. The lowest BCUT2D eigenvalue weighted by Crippen LogP contribution is -2.31. The van der Waals surface area contributed by atoms with E-state index in [0.29, 0.717) is 11.7 Å². The van der Waals surface area contributed by atoms with Gasteiger partial charge in [0.1, 0.15) is 5.25 Å². The number of thioether (sulfide) groups is 1. The van der Waals surface area contributed by atoms with Gasteiger partial charge in [-0.2, -0.15) is 4.99 Å². The van der Waals surface area contributed by atoms with Crippen LogP contribution < -0.4 is 10.6 Å². The highest BCUT2D eigenvalue weighted by Crippen LogP contribution is 2.23. The molecule has 1 aromatic rings. The summed E-state index contributed by atoms with van der Waals surface area (Å²) in [5, 5.41) is 5.35. The summed E-state index contributed by atoms with van der Waals surface area (Å²) in [6.45, 7) is 2.60. The van der Waals surface area contributed by atoms with E-state index in [1.807, 2.05) is 6.92 Å². The maximum Gasteiger partial charge on any atom is 0.251 e. The molecule has 20 heavy (non-hydrogen) atoms. The Morgan fingerprint density at radius 2 is 2.25 bits per heavy atom. The molecule has 2 N–H and O–H groups in total. The van der Waals surface area contributed by atoms with Crippen molar-refractivity contribution in [3.63, 3.8) is 0 Å². The molecule has 0 spiro atoms. The molecule has 1 aliphatic heterocycles. The number of hydrogen-bond acceptors (Lipinski definition) is 6. The SMILES string of the molecule is CCCNC(=O)CC1S/C(=N\c2ncccn2)NC1=O. The molecule has 0 saturated carbocycles. The molecule has 1 atom stereocenters. The van der Waals surface area contributed by atoms with Crippen LogP contribution >= 0.6 is 11.8 Å². The van der Waals surface area contributed by atoms with E-state index in [2.05, 4.69) is 25.6 Å². The number of rotatable bonds is 5. The van der Waals surface area contributed by atoms with Crippen LogP contribution in [0, 0.1) is 0 Å². The van der Waals surface area contributed by atoms with E-state index in [1.165, 1.54) is 11.8 Å². The lowest BCUT2D eigenvalue weighted by Gasteiger charge is -2.05. The quantitative estimate of drug-likeness (QED) is 0.829. The number of hydrogen-bond donors (Lipinski definition) is 2. The van der Waals surface area contributed by atoms with E-state index < -0.39 is 5.25 Å². The molecule has 1 unspecified atom stereocenters. The number of carbonyl (C=O) groups excluding carboxylic acids is 2. The van der Waals surface area contributed by atoms with E-state index in [9.17, 15) is 9.59 Å². The fourth-order valence-electron chi connectivity index (χ4n) is 1.54. The molecule has 0 bridgehead atoms. The minimum atomic E-state index is -0.450. The van der Waals surface area contributed by atoms with Gasteiger partial charge in [0, 0.05) is 25.4 Å². The van der Waals surface area contributed by atoms with Crippen LogP contribution in [0.1, 0.15) is 19.8 Å². The van der Waals surface area contributed by atoms with Gasteiger partial charge >= 0.3 is 0 Å². The van der Waals surface area contributed by atoms with Crippen molar-refractivity contribution in [3.05, 3.63) is 18.5 Å². The average molecular weight is 293 g/mol. The molecule has 0 aromatic carbocycles. The highest BCUT2D eigenvalue weighted by molar-refractivity contribution is 8.15. The third-order valence-electron chi connectivity index (χ3n) is 2.47. The Bertz CT molecular complexity index is 520. The summed E-state index contributed by atoms with van der Waals surface area (Å²) in [6, 6.07) is 1.69. The Morgan fingerprint density at radius 1 is 1.50 bits per heavy atom. The first-order valence-electron chi connectivity index (χ1n) is 6.29. The first-order valence-corrected chi connectivity index (χ1v) is 7.17. The average Bonchev–Trinajstić information content (AvgIpc) is 2.77. The molecule has 0 radical (unpaired) electrons. The molecule has 0 aliphatic carbocycles. The van der Waals surface area contributed by atoms with E-state index in [0.717, 1.165) is 6.42 Å². The molecule has 7 nitrogen and oxygen atoms in total. The van der Waals surface area contributed by atoms with Gasteiger partial charge in [0.15, 0.2) is 5.17 Å². The second kappa shape index (κ2) is 6.99. The molecule has 1 saturated heterocycles. The second-order valence-corrected chi connectivity index (χ2v) is 5.31. The third kappa shape index (κ3) is 4.02. The fourth-order valence-corrected chi connectivity index (χ4v) is 2.50. The van der Waals surface area contributed by atoms with E-state index >= 15 is 0 Å². The van der Waals surface area contributed by atoms with Crippen LogP contribution in [0.25, 0.3) is 0 Å². The predicted octanol–water partition coefficient (Wildman–Crippen LogP) is 0.612. The number of nitrogens with zero attached hydrogens (tertiary/aromatic N) is 3. The van der Waals surface area contributed by atoms with Crippen molar-refractivity contribution >= 4 is 34.7 Å². The van der Waals surface area contributed by atoms with Crippen molar-refractivity contribution in [2.75, 3.05) is 6.54 Å². The van der Waals surface area contributed by atoms with Crippen LogP contribution in [0.5, 0.6) is 0 Å². The van der Waals surface area contributed by atoms with Crippen molar-refractivity contribution in [1.29, 1.82) is 0 Å². The highest BCUT2D eigenvalue weighted by atomic mass is 32.2. The molecule has 106 valence electrons. The lowest BCUT2D eigenvalue weighted by atomic mass is 10.2. The number of amides is 2. The Morgan fingerprint density at radius 3 is 2.95 bits per heavy atom. The summed E-state index contributed by atoms with van der Waals surface area (Å²) in [4.78, 5) is 35.4. The summed E-state index contributed by atoms with van der Waals surface area (Å²) in [7, 11) is 0. The number of aromatic nitrogens is 2. The van der Waals surface area contributed by atoms with Gasteiger partial charge in [0.25, 0.3) is 5.95 Å². The van der Waals surface area contributed by atoms with Gasteiger partial charge in [-0.25, -0.2) is 9.97 Å². The van der Waals surface area contributed by atoms with Gasteiger partial charge in [-0.15, -0.1) is 0 Å². The monoisotopic (exact) mass is 293 g/mol. The molecule has 1 aromatic heterocycles. The minimum absolute atomic E-state index is 0.128. The Hall–Kier alpha value is -1.96. The third-order valence-corrected chi connectivity index (χ3v) is 3.55. The van der Waals surface area contributed by atoms with Crippen LogP contribution in [0.4, 0.5) is 5.95 Å². The van der Waals surface area contributed by atoms with Crippen molar-refractivity contribution in [3.8, 4) is 0 Å². The molecule has 2 amide bonds. The van der Waals surface area contributed by atoms with Gasteiger partial charge in [-0.1, -0.05) is 18.7 Å². The van der Waals surface area contributed by atoms with Crippen LogP contribution in [0.3, 0.4) is 0 Å². The maximum atomic E-state index is 11.8. The van der Waals surface area contributed by atoms with Gasteiger partial charge in [0.2, 0.25) is 11.8 Å². The van der Waals surface area contributed by atoms with E-state index in [4.69, 9.17) is 0 Å². The maximum absolute atomic E-state index is 11.8. The van der Waals surface area contributed by atoms with Crippen LogP contribution in [0.15, 0.2) is 23.5 Å². The van der Waals surface area contributed by atoms with Gasteiger partial charge < -0.3 is 10.6 Å². The summed E-state index contributed by atoms with van der Waals surface area (Å²) in [5.41, 5.74) is 0. The summed E-state index contributed by atoms with van der Waals surface area (Å²) < 4.78 is 0. The van der Waals surface area contributed by atoms with Crippen LogP contribution in [-0.4, -0.2) is 38.7 Å². The van der Waals surface area contributed by atoms with Crippen molar-refractivity contribution in [1.82, 2.24) is 20.6 Å². The highest BCUT2D eigenvalue weighted by Gasteiger charge is 2.32. The zero-order chi connectivity index (χ0) is 14.4. The smallest absolute Gasteiger partial charge is 0.251 e. The van der Waals surface area contributed by atoms with Crippen LogP contribution in [0.2, 0.25) is 0 Å². The zero-order valence-electron chi connectivity index (χ0n) is 11.0. The van der Waals surface area contributed by atoms with Crippen molar-refractivity contribution < 1.29 is 9.59 Å². The Labute approximate surface area is 120 Å². The summed E-state index contributed by atoms with van der Waals surface area (Å²) in [6.07, 6.45) is 4.16. The summed E-state index contributed by atoms with van der Waals surface area (Å²) >= 11 is 1.22. The van der Waals surface area contributed by atoms with E-state index in [-0.39, 0.29) is 24.2 Å². The molecule has 2 rings (SSSR count). The molecule has 1 aliphatic rings. The van der Waals surface area contributed by atoms with Crippen LogP contribution in [-0.2, 0) is 9.59 Å². The fraction of sp³-hybridized carbons (Fsp3) is 0.417. The normalized spacial score (nSPS) is 19.9. The molecular formula is C12H15N5O2S. The Kier molecular flexibility index (Phi) is 5.05. The number of nitrogens with one attached hydrogen (secondary N) is 2. The first-order chi connectivity index (χ1) is 9.69. The van der Waals surface area contributed by atoms with E-state index in [1.54, 1.807) is 18.5 Å². The lowest BCUT2D eigenvalue weighted by molar-refractivity contribution is -0.125. The first kappa shape index (κ1) is 14.4. The largest absolute Gasteiger partial charge is 0.356 e. The van der Waals surface area contributed by atoms with Gasteiger partial charge in [-0.3, -0.25) is 9.59 Å². The zero-order valence-corrected chi connectivity index (χ0v) is 11.8. The standard InChI is InChI=1S/C12H15N5O2S/c1-2-4-13-9(18)7-8-10(19)16-12(20-8)17-11-14-5-3-6-15-11/h3,5-6,8H,2,4,7H2,1H3,(H,13,18)(H,14,15,16,17,19). The summed E-state index contributed by atoms with van der Waals surface area (Å²) in [5.74, 6) is -0.0561. The second-order valence-electron chi connectivity index (χ2n) is 4.12. The molecule has 2 heterocycles. The Balaban J connectivity index is 1.94. The number of aliphatic imine (C=N–C) groups is 1. The topological polar surface area (TPSA) is 96.3 Å².